The molecule has 2 aromatic rings. The second-order valence-electron chi connectivity index (χ2n) is 5.36. The molecule has 0 bridgehead atoms. The van der Waals surface area contributed by atoms with Crippen molar-refractivity contribution in [1.29, 1.82) is 0 Å². The Kier molecular flexibility index (Phi) is 7.30. The van der Waals surface area contributed by atoms with E-state index in [9.17, 15) is 9.59 Å². The van der Waals surface area contributed by atoms with Gasteiger partial charge in [0.15, 0.2) is 6.61 Å². The fourth-order valence-corrected chi connectivity index (χ4v) is 2.15. The molecule has 0 spiro atoms. The van der Waals surface area contributed by atoms with Crippen LogP contribution in [0.3, 0.4) is 0 Å². The number of ether oxygens (including phenoxy) is 4. The standard InChI is InChI=1S/C19H22N2O6/c1-24-13-4-6-14(7-5-13)27-12-19(23)20-11-18(22)21-16-9-8-15(25-2)10-17(16)26-3/h4-10H,11-12H2,1-3H3,(H,20,23)(H,21,22). The van der Waals surface area contributed by atoms with Gasteiger partial charge >= 0.3 is 0 Å². The molecular formula is C19H22N2O6. The maximum absolute atomic E-state index is 12.0. The van der Waals surface area contributed by atoms with Crippen LogP contribution in [0.25, 0.3) is 0 Å². The minimum absolute atomic E-state index is 0.194. The molecule has 2 rings (SSSR count). The van der Waals surface area contributed by atoms with Gasteiger partial charge in [-0.15, -0.1) is 0 Å². The summed E-state index contributed by atoms with van der Waals surface area (Å²) in [5, 5.41) is 5.15. The van der Waals surface area contributed by atoms with Crippen LogP contribution in [-0.2, 0) is 9.59 Å². The Balaban J connectivity index is 1.78. The predicted octanol–water partition coefficient (Wildman–Crippen LogP) is 1.85. The van der Waals surface area contributed by atoms with Crippen LogP contribution < -0.4 is 29.6 Å². The first-order valence-electron chi connectivity index (χ1n) is 8.11. The first-order valence-corrected chi connectivity index (χ1v) is 8.11. The van der Waals surface area contributed by atoms with Crippen LogP contribution >= 0.6 is 0 Å². The lowest BCUT2D eigenvalue weighted by molar-refractivity contribution is -0.125. The summed E-state index contributed by atoms with van der Waals surface area (Å²) in [6.45, 7) is -0.397. The quantitative estimate of drug-likeness (QED) is 0.696. The van der Waals surface area contributed by atoms with Crippen molar-refractivity contribution in [1.82, 2.24) is 5.32 Å². The van der Waals surface area contributed by atoms with Crippen molar-refractivity contribution < 1.29 is 28.5 Å². The van der Waals surface area contributed by atoms with Crippen molar-refractivity contribution in [3.05, 3.63) is 42.5 Å². The number of anilines is 1. The smallest absolute Gasteiger partial charge is 0.258 e. The molecule has 0 unspecified atom stereocenters. The number of methoxy groups -OCH3 is 3. The zero-order chi connectivity index (χ0) is 19.6. The fraction of sp³-hybridized carbons (Fsp3) is 0.263. The lowest BCUT2D eigenvalue weighted by atomic mass is 10.2. The first-order chi connectivity index (χ1) is 13.0. The zero-order valence-corrected chi connectivity index (χ0v) is 15.4. The molecule has 0 saturated heterocycles. The minimum Gasteiger partial charge on any atom is -0.497 e. The SMILES string of the molecule is COc1ccc(OCC(=O)NCC(=O)Nc2ccc(OC)cc2OC)cc1. The van der Waals surface area contributed by atoms with E-state index < -0.39 is 11.8 Å². The maximum Gasteiger partial charge on any atom is 0.258 e. The highest BCUT2D eigenvalue weighted by Crippen LogP contribution is 2.28. The van der Waals surface area contributed by atoms with Gasteiger partial charge in [0.05, 0.1) is 33.6 Å². The summed E-state index contributed by atoms with van der Waals surface area (Å²) >= 11 is 0. The summed E-state index contributed by atoms with van der Waals surface area (Å²) < 4.78 is 20.7. The van der Waals surface area contributed by atoms with Crippen LogP contribution in [-0.4, -0.2) is 46.3 Å². The van der Waals surface area contributed by atoms with Gasteiger partial charge in [-0.05, 0) is 36.4 Å². The van der Waals surface area contributed by atoms with Gasteiger partial charge in [0.1, 0.15) is 23.0 Å². The lowest BCUT2D eigenvalue weighted by Crippen LogP contribution is -2.35. The summed E-state index contributed by atoms with van der Waals surface area (Å²) in [5.74, 6) is 1.47. The van der Waals surface area contributed by atoms with Crippen LogP contribution in [0.15, 0.2) is 42.5 Å². The fourth-order valence-electron chi connectivity index (χ4n) is 2.15. The molecule has 2 N–H and O–H groups in total. The molecule has 0 aliphatic rings. The van der Waals surface area contributed by atoms with Crippen molar-refractivity contribution in [2.24, 2.45) is 0 Å². The van der Waals surface area contributed by atoms with E-state index in [1.165, 1.54) is 14.2 Å². The Bertz CT molecular complexity index is 776. The Morgan fingerprint density at radius 3 is 2.07 bits per heavy atom. The average molecular weight is 374 g/mol. The molecule has 0 radical (unpaired) electrons. The number of hydrogen-bond donors (Lipinski definition) is 2. The molecule has 0 atom stereocenters. The molecule has 0 fully saturated rings. The minimum atomic E-state index is -0.414. The molecule has 8 heteroatoms. The van der Waals surface area contributed by atoms with Crippen molar-refractivity contribution in [2.45, 2.75) is 0 Å². The third kappa shape index (κ3) is 6.10. The molecule has 8 nitrogen and oxygen atoms in total. The van der Waals surface area contributed by atoms with Gasteiger partial charge in [-0.2, -0.15) is 0 Å². The molecule has 2 aromatic carbocycles. The predicted molar refractivity (Wildman–Crippen MR) is 99.7 cm³/mol. The Morgan fingerprint density at radius 2 is 1.44 bits per heavy atom. The van der Waals surface area contributed by atoms with Crippen LogP contribution in [0.5, 0.6) is 23.0 Å². The van der Waals surface area contributed by atoms with E-state index in [4.69, 9.17) is 18.9 Å². The van der Waals surface area contributed by atoms with E-state index >= 15 is 0 Å². The van der Waals surface area contributed by atoms with Gasteiger partial charge in [-0.25, -0.2) is 0 Å². The lowest BCUT2D eigenvalue weighted by Gasteiger charge is -2.12. The van der Waals surface area contributed by atoms with E-state index in [1.54, 1.807) is 49.6 Å². The number of carbonyl (C=O) groups excluding carboxylic acids is 2. The van der Waals surface area contributed by atoms with E-state index in [-0.39, 0.29) is 13.2 Å². The van der Waals surface area contributed by atoms with Gasteiger partial charge in [0.2, 0.25) is 5.91 Å². The summed E-state index contributed by atoms with van der Waals surface area (Å²) in [5.41, 5.74) is 0.479. The Labute approximate surface area is 157 Å². The third-order valence-electron chi connectivity index (χ3n) is 3.56. The molecular weight excluding hydrogens is 352 g/mol. The van der Waals surface area contributed by atoms with E-state index in [0.717, 1.165) is 0 Å². The second-order valence-corrected chi connectivity index (χ2v) is 5.36. The van der Waals surface area contributed by atoms with E-state index in [1.807, 2.05) is 0 Å². The highest BCUT2D eigenvalue weighted by atomic mass is 16.5. The molecule has 0 saturated carbocycles. The molecule has 0 aromatic heterocycles. The van der Waals surface area contributed by atoms with Crippen molar-refractivity contribution in [3.8, 4) is 23.0 Å². The first kappa shape index (κ1) is 19.9. The number of benzene rings is 2. The molecule has 0 aliphatic heterocycles. The molecule has 0 aliphatic carbocycles. The Hall–Kier alpha value is -3.42. The number of amides is 2. The third-order valence-corrected chi connectivity index (χ3v) is 3.56. The van der Waals surface area contributed by atoms with Gasteiger partial charge in [0.25, 0.3) is 5.91 Å². The van der Waals surface area contributed by atoms with E-state index in [2.05, 4.69) is 10.6 Å². The van der Waals surface area contributed by atoms with Crippen LogP contribution in [0.2, 0.25) is 0 Å². The molecule has 27 heavy (non-hydrogen) atoms. The summed E-state index contributed by atoms with van der Waals surface area (Å²) in [7, 11) is 4.59. The molecule has 144 valence electrons. The highest BCUT2D eigenvalue weighted by molar-refractivity contribution is 5.95. The second kappa shape index (κ2) is 9.91. The van der Waals surface area contributed by atoms with Crippen molar-refractivity contribution in [2.75, 3.05) is 39.8 Å². The van der Waals surface area contributed by atoms with E-state index in [0.29, 0.717) is 28.7 Å². The molecule has 2 amide bonds. The summed E-state index contributed by atoms with van der Waals surface area (Å²) in [6.07, 6.45) is 0. The largest absolute Gasteiger partial charge is 0.497 e. The van der Waals surface area contributed by atoms with Crippen molar-refractivity contribution >= 4 is 17.5 Å². The van der Waals surface area contributed by atoms with Gasteiger partial charge in [0, 0.05) is 6.07 Å². The monoisotopic (exact) mass is 374 g/mol. The maximum atomic E-state index is 12.0. The summed E-state index contributed by atoms with van der Waals surface area (Å²) in [4.78, 5) is 23.8. The normalized spacial score (nSPS) is 9.89. The van der Waals surface area contributed by atoms with Crippen LogP contribution in [0, 0.1) is 0 Å². The number of rotatable bonds is 9. The molecule has 0 heterocycles. The summed E-state index contributed by atoms with van der Waals surface area (Å²) in [6, 6.07) is 11.8. The van der Waals surface area contributed by atoms with Crippen LogP contribution in [0.1, 0.15) is 0 Å². The van der Waals surface area contributed by atoms with Gasteiger partial charge in [-0.1, -0.05) is 0 Å². The van der Waals surface area contributed by atoms with Gasteiger partial charge in [-0.3, -0.25) is 9.59 Å². The number of hydrogen-bond acceptors (Lipinski definition) is 6. The number of carbonyl (C=O) groups is 2. The number of nitrogens with one attached hydrogen (secondary N) is 2. The van der Waals surface area contributed by atoms with Gasteiger partial charge < -0.3 is 29.6 Å². The topological polar surface area (TPSA) is 95.1 Å². The van der Waals surface area contributed by atoms with Crippen molar-refractivity contribution in [3.63, 3.8) is 0 Å². The van der Waals surface area contributed by atoms with Crippen LogP contribution in [0.4, 0.5) is 5.69 Å². The zero-order valence-electron chi connectivity index (χ0n) is 15.4. The average Bonchev–Trinajstić information content (AvgIpc) is 2.71. The Morgan fingerprint density at radius 1 is 0.815 bits per heavy atom. The highest BCUT2D eigenvalue weighted by Gasteiger charge is 2.10.